The van der Waals surface area contributed by atoms with E-state index in [9.17, 15) is 8.78 Å². The van der Waals surface area contributed by atoms with Crippen LogP contribution in [-0.4, -0.2) is 7.05 Å². The first-order chi connectivity index (χ1) is 10.0. The molecule has 0 spiro atoms. The molecule has 1 N–H and O–H groups in total. The van der Waals surface area contributed by atoms with Crippen molar-refractivity contribution in [2.45, 2.75) is 13.2 Å². The van der Waals surface area contributed by atoms with Crippen LogP contribution in [0.3, 0.4) is 0 Å². The second-order valence-corrected chi connectivity index (χ2v) is 5.67. The van der Waals surface area contributed by atoms with Gasteiger partial charge in [0, 0.05) is 6.54 Å². The van der Waals surface area contributed by atoms with Crippen LogP contribution in [0.2, 0.25) is 5.02 Å². The number of hydrogen-bond donors (Lipinski definition) is 1. The SMILES string of the molecule is CNCc1ccc(OCc2c(F)ccc(Br)c2F)c(Cl)c1. The first-order valence-electron chi connectivity index (χ1n) is 6.21. The third-order valence-corrected chi connectivity index (χ3v) is 3.80. The Balaban J connectivity index is 2.15. The molecule has 0 amide bonds. The molecule has 0 saturated carbocycles. The Morgan fingerprint density at radius 1 is 1.24 bits per heavy atom. The highest BCUT2D eigenvalue weighted by Gasteiger charge is 2.13. The van der Waals surface area contributed by atoms with Crippen molar-refractivity contribution in [3.8, 4) is 5.75 Å². The van der Waals surface area contributed by atoms with E-state index in [0.717, 1.165) is 5.56 Å². The molecular weight excluding hydrogens is 364 g/mol. The van der Waals surface area contributed by atoms with Gasteiger partial charge in [0.1, 0.15) is 24.0 Å². The average molecular weight is 377 g/mol. The van der Waals surface area contributed by atoms with Crippen LogP contribution in [0.1, 0.15) is 11.1 Å². The van der Waals surface area contributed by atoms with Gasteiger partial charge in [-0.05, 0) is 52.8 Å². The molecule has 0 heterocycles. The number of rotatable bonds is 5. The van der Waals surface area contributed by atoms with Gasteiger partial charge in [-0.1, -0.05) is 17.7 Å². The van der Waals surface area contributed by atoms with Crippen molar-refractivity contribution in [3.05, 3.63) is 62.6 Å². The Morgan fingerprint density at radius 3 is 2.67 bits per heavy atom. The monoisotopic (exact) mass is 375 g/mol. The van der Waals surface area contributed by atoms with Crippen LogP contribution in [0, 0.1) is 11.6 Å². The Kier molecular flexibility index (Phi) is 5.56. The fraction of sp³-hybridized carbons (Fsp3) is 0.200. The maximum absolute atomic E-state index is 13.8. The zero-order valence-corrected chi connectivity index (χ0v) is 13.6. The largest absolute Gasteiger partial charge is 0.487 e. The van der Waals surface area contributed by atoms with Crippen molar-refractivity contribution >= 4 is 27.5 Å². The van der Waals surface area contributed by atoms with E-state index in [1.165, 1.54) is 12.1 Å². The van der Waals surface area contributed by atoms with E-state index in [1.54, 1.807) is 12.1 Å². The second kappa shape index (κ2) is 7.20. The lowest BCUT2D eigenvalue weighted by Gasteiger charge is -2.11. The fourth-order valence-corrected chi connectivity index (χ4v) is 2.46. The molecule has 0 radical (unpaired) electrons. The van der Waals surface area contributed by atoms with E-state index in [1.807, 2.05) is 13.1 Å². The summed E-state index contributed by atoms with van der Waals surface area (Å²) in [5.41, 5.74) is 0.856. The Labute approximate surface area is 135 Å². The normalized spacial score (nSPS) is 10.7. The molecule has 0 bridgehead atoms. The van der Waals surface area contributed by atoms with Crippen LogP contribution >= 0.6 is 27.5 Å². The van der Waals surface area contributed by atoms with Crippen LogP contribution in [-0.2, 0) is 13.2 Å². The highest BCUT2D eigenvalue weighted by Crippen LogP contribution is 2.28. The van der Waals surface area contributed by atoms with Crippen LogP contribution in [0.15, 0.2) is 34.8 Å². The van der Waals surface area contributed by atoms with Crippen LogP contribution in [0.4, 0.5) is 8.78 Å². The van der Waals surface area contributed by atoms with E-state index >= 15 is 0 Å². The predicted molar refractivity (Wildman–Crippen MR) is 82.6 cm³/mol. The molecule has 0 atom stereocenters. The summed E-state index contributed by atoms with van der Waals surface area (Å²) in [7, 11) is 1.83. The van der Waals surface area contributed by atoms with Crippen LogP contribution < -0.4 is 10.1 Å². The topological polar surface area (TPSA) is 21.3 Å². The molecule has 112 valence electrons. The summed E-state index contributed by atoms with van der Waals surface area (Å²) in [5, 5.41) is 3.41. The smallest absolute Gasteiger partial charge is 0.146 e. The summed E-state index contributed by atoms with van der Waals surface area (Å²) in [6.45, 7) is 0.442. The molecule has 0 fully saturated rings. The quantitative estimate of drug-likeness (QED) is 0.765. The van der Waals surface area contributed by atoms with E-state index in [-0.39, 0.29) is 16.6 Å². The molecule has 0 aliphatic carbocycles. The molecule has 0 saturated heterocycles. The van der Waals surface area contributed by atoms with Crippen molar-refractivity contribution in [3.63, 3.8) is 0 Å². The maximum atomic E-state index is 13.8. The van der Waals surface area contributed by atoms with Crippen molar-refractivity contribution in [1.29, 1.82) is 0 Å². The van der Waals surface area contributed by atoms with Gasteiger partial charge < -0.3 is 10.1 Å². The molecule has 21 heavy (non-hydrogen) atoms. The van der Waals surface area contributed by atoms with E-state index in [4.69, 9.17) is 16.3 Å². The van der Waals surface area contributed by atoms with Crippen LogP contribution in [0.5, 0.6) is 5.75 Å². The number of hydrogen-bond acceptors (Lipinski definition) is 2. The van der Waals surface area contributed by atoms with Gasteiger partial charge in [0.2, 0.25) is 0 Å². The first kappa shape index (κ1) is 16.2. The van der Waals surface area contributed by atoms with E-state index in [2.05, 4.69) is 21.2 Å². The van der Waals surface area contributed by atoms with E-state index < -0.39 is 11.6 Å². The highest BCUT2D eigenvalue weighted by atomic mass is 79.9. The minimum Gasteiger partial charge on any atom is -0.487 e. The second-order valence-electron chi connectivity index (χ2n) is 4.41. The Bertz CT molecular complexity index is 652. The fourth-order valence-electron chi connectivity index (χ4n) is 1.83. The molecule has 2 rings (SSSR count). The summed E-state index contributed by atoms with van der Waals surface area (Å²) in [5.74, 6) is -0.938. The Morgan fingerprint density at radius 2 is 2.00 bits per heavy atom. The molecule has 6 heteroatoms. The number of ether oxygens (including phenoxy) is 1. The maximum Gasteiger partial charge on any atom is 0.146 e. The number of benzene rings is 2. The molecule has 2 aromatic rings. The summed E-state index contributed by atoms with van der Waals surface area (Å²) in [6, 6.07) is 7.77. The lowest BCUT2D eigenvalue weighted by molar-refractivity contribution is 0.292. The van der Waals surface area contributed by atoms with E-state index in [0.29, 0.717) is 17.3 Å². The van der Waals surface area contributed by atoms with Crippen molar-refractivity contribution in [1.82, 2.24) is 5.32 Å². The van der Waals surface area contributed by atoms with Gasteiger partial charge >= 0.3 is 0 Å². The molecule has 0 aliphatic heterocycles. The summed E-state index contributed by atoms with van der Waals surface area (Å²) < 4.78 is 33.1. The molecule has 0 aromatic heterocycles. The first-order valence-corrected chi connectivity index (χ1v) is 7.38. The molecule has 2 aromatic carbocycles. The van der Waals surface area contributed by atoms with Gasteiger partial charge in [0.15, 0.2) is 0 Å². The van der Waals surface area contributed by atoms with Gasteiger partial charge in [-0.25, -0.2) is 8.78 Å². The summed E-state index contributed by atoms with van der Waals surface area (Å²) >= 11 is 9.11. The lowest BCUT2D eigenvalue weighted by atomic mass is 10.2. The number of halogens is 4. The minimum absolute atomic E-state index is 0.139. The average Bonchev–Trinajstić information content (AvgIpc) is 2.45. The van der Waals surface area contributed by atoms with Gasteiger partial charge in [0.05, 0.1) is 15.1 Å². The summed E-state index contributed by atoms with van der Waals surface area (Å²) in [4.78, 5) is 0. The summed E-state index contributed by atoms with van der Waals surface area (Å²) in [6.07, 6.45) is 0. The lowest BCUT2D eigenvalue weighted by Crippen LogP contribution is -2.06. The highest BCUT2D eigenvalue weighted by molar-refractivity contribution is 9.10. The van der Waals surface area contributed by atoms with Crippen molar-refractivity contribution in [2.24, 2.45) is 0 Å². The van der Waals surface area contributed by atoms with Crippen LogP contribution in [0.25, 0.3) is 0 Å². The zero-order chi connectivity index (χ0) is 15.4. The number of nitrogens with one attached hydrogen (secondary N) is 1. The molecule has 0 unspecified atom stereocenters. The van der Waals surface area contributed by atoms with Gasteiger partial charge in [-0.3, -0.25) is 0 Å². The zero-order valence-electron chi connectivity index (χ0n) is 11.2. The Hall–Kier alpha value is -1.17. The molecule has 2 nitrogen and oxygen atoms in total. The minimum atomic E-state index is -0.669. The third kappa shape index (κ3) is 3.93. The van der Waals surface area contributed by atoms with Gasteiger partial charge in [-0.2, -0.15) is 0 Å². The van der Waals surface area contributed by atoms with Crippen molar-refractivity contribution < 1.29 is 13.5 Å². The standard InChI is InChI=1S/C15H13BrClF2NO/c1-20-7-9-2-5-14(12(17)6-9)21-8-10-13(18)4-3-11(16)15(10)19/h2-6,20H,7-8H2,1H3. The van der Waals surface area contributed by atoms with Gasteiger partial charge in [0.25, 0.3) is 0 Å². The predicted octanol–water partition coefficient (Wildman–Crippen LogP) is 4.68. The third-order valence-electron chi connectivity index (χ3n) is 2.89. The molecular formula is C15H13BrClF2NO. The van der Waals surface area contributed by atoms with Gasteiger partial charge in [-0.15, -0.1) is 0 Å². The van der Waals surface area contributed by atoms with Crippen molar-refractivity contribution in [2.75, 3.05) is 7.05 Å². The molecule has 0 aliphatic rings.